The highest BCUT2D eigenvalue weighted by Crippen LogP contribution is 2.22. The van der Waals surface area contributed by atoms with Crippen LogP contribution in [0.2, 0.25) is 0 Å². The van der Waals surface area contributed by atoms with Crippen LogP contribution in [0.4, 0.5) is 5.69 Å². The second-order valence-corrected chi connectivity index (χ2v) is 3.80. The molecule has 1 aromatic carbocycles. The zero-order valence-corrected chi connectivity index (χ0v) is 10.2. The lowest BCUT2D eigenvalue weighted by molar-refractivity contribution is 1.11. The normalized spacial score (nSPS) is 11.1. The molecule has 16 heavy (non-hydrogen) atoms. The van der Waals surface area contributed by atoms with Gasteiger partial charge in [0.2, 0.25) is 0 Å². The summed E-state index contributed by atoms with van der Waals surface area (Å²) in [4.78, 5) is 4.50. The molecule has 0 spiro atoms. The monoisotopic (exact) mass is 214 g/mol. The molecule has 0 saturated carbocycles. The molecule has 0 saturated heterocycles. The number of rotatable bonds is 3. The van der Waals surface area contributed by atoms with E-state index in [0.29, 0.717) is 0 Å². The van der Waals surface area contributed by atoms with Gasteiger partial charge in [-0.2, -0.15) is 0 Å². The van der Waals surface area contributed by atoms with Crippen LogP contribution in [-0.4, -0.2) is 5.84 Å². The molecule has 2 nitrogen and oxygen atoms in total. The quantitative estimate of drug-likeness (QED) is 0.600. The van der Waals surface area contributed by atoms with Gasteiger partial charge in [0, 0.05) is 5.70 Å². The molecule has 0 aliphatic carbocycles. The van der Waals surface area contributed by atoms with E-state index in [0.717, 1.165) is 28.3 Å². The van der Waals surface area contributed by atoms with Gasteiger partial charge in [0.25, 0.3) is 0 Å². The SMILES string of the molecule is C=Cc1cccc(/N=C(\C)NC(=C)C)c1C. The van der Waals surface area contributed by atoms with E-state index >= 15 is 0 Å². The molecule has 0 aliphatic heterocycles. The maximum atomic E-state index is 4.50. The molecule has 0 fully saturated rings. The topological polar surface area (TPSA) is 24.4 Å². The summed E-state index contributed by atoms with van der Waals surface area (Å²) in [5, 5.41) is 3.09. The molecular formula is C14H18N2. The fourth-order valence-electron chi connectivity index (χ4n) is 1.50. The molecule has 1 rings (SSSR count). The van der Waals surface area contributed by atoms with Crippen molar-refractivity contribution in [3.05, 3.63) is 48.2 Å². The Bertz CT molecular complexity index is 442. The maximum absolute atomic E-state index is 4.50. The Kier molecular flexibility index (Phi) is 4.06. The third-order valence-corrected chi connectivity index (χ3v) is 2.25. The van der Waals surface area contributed by atoms with E-state index in [1.165, 1.54) is 0 Å². The lowest BCUT2D eigenvalue weighted by Gasteiger charge is -2.07. The first kappa shape index (κ1) is 12.2. The number of hydrogen-bond acceptors (Lipinski definition) is 1. The van der Waals surface area contributed by atoms with Gasteiger partial charge in [0.15, 0.2) is 0 Å². The fourth-order valence-corrected chi connectivity index (χ4v) is 1.50. The van der Waals surface area contributed by atoms with Gasteiger partial charge in [0.1, 0.15) is 5.84 Å². The standard InChI is InChI=1S/C14H18N2/c1-6-13-8-7-9-14(11(13)4)16-12(5)15-10(2)3/h6-9H,1-2H2,3-5H3,(H,15,16). The van der Waals surface area contributed by atoms with Crippen molar-refractivity contribution < 1.29 is 0 Å². The predicted molar refractivity (Wildman–Crippen MR) is 72.0 cm³/mol. The molecule has 0 amide bonds. The van der Waals surface area contributed by atoms with Gasteiger partial charge in [-0.15, -0.1) is 0 Å². The zero-order valence-electron chi connectivity index (χ0n) is 10.2. The third-order valence-electron chi connectivity index (χ3n) is 2.25. The highest BCUT2D eigenvalue weighted by atomic mass is 15.0. The van der Waals surface area contributed by atoms with Gasteiger partial charge in [-0.05, 0) is 38.0 Å². The minimum atomic E-state index is 0.844. The number of nitrogens with one attached hydrogen (secondary N) is 1. The molecule has 2 heteroatoms. The van der Waals surface area contributed by atoms with Gasteiger partial charge in [-0.3, -0.25) is 0 Å². The summed E-state index contributed by atoms with van der Waals surface area (Å²) in [7, 11) is 0. The summed E-state index contributed by atoms with van der Waals surface area (Å²) >= 11 is 0. The highest BCUT2D eigenvalue weighted by molar-refractivity contribution is 5.84. The molecule has 1 N–H and O–H groups in total. The van der Waals surface area contributed by atoms with Gasteiger partial charge in [0.05, 0.1) is 5.69 Å². The number of benzene rings is 1. The van der Waals surface area contributed by atoms with Crippen molar-refractivity contribution in [1.82, 2.24) is 5.32 Å². The van der Waals surface area contributed by atoms with Crippen LogP contribution in [0.3, 0.4) is 0 Å². The molecular weight excluding hydrogens is 196 g/mol. The van der Waals surface area contributed by atoms with Gasteiger partial charge >= 0.3 is 0 Å². The van der Waals surface area contributed by atoms with Crippen molar-refractivity contribution in [2.75, 3.05) is 0 Å². The second-order valence-electron chi connectivity index (χ2n) is 3.80. The van der Waals surface area contributed by atoms with Crippen LogP contribution in [-0.2, 0) is 0 Å². The highest BCUT2D eigenvalue weighted by Gasteiger charge is 2.00. The van der Waals surface area contributed by atoms with Crippen molar-refractivity contribution in [1.29, 1.82) is 0 Å². The van der Waals surface area contributed by atoms with Crippen LogP contribution in [0.1, 0.15) is 25.0 Å². The molecule has 0 atom stereocenters. The summed E-state index contributed by atoms with van der Waals surface area (Å²) in [6.07, 6.45) is 1.84. The minimum absolute atomic E-state index is 0.844. The lowest BCUT2D eigenvalue weighted by Crippen LogP contribution is -2.16. The van der Waals surface area contributed by atoms with Crippen LogP contribution >= 0.6 is 0 Å². The van der Waals surface area contributed by atoms with Crippen LogP contribution in [0.5, 0.6) is 0 Å². The van der Waals surface area contributed by atoms with E-state index in [9.17, 15) is 0 Å². The van der Waals surface area contributed by atoms with E-state index in [-0.39, 0.29) is 0 Å². The Morgan fingerprint density at radius 3 is 2.62 bits per heavy atom. The van der Waals surface area contributed by atoms with Gasteiger partial charge in [-0.1, -0.05) is 31.4 Å². The molecule has 0 aromatic heterocycles. The van der Waals surface area contributed by atoms with Crippen molar-refractivity contribution in [2.24, 2.45) is 4.99 Å². The van der Waals surface area contributed by atoms with Crippen molar-refractivity contribution in [3.8, 4) is 0 Å². The van der Waals surface area contributed by atoms with E-state index in [4.69, 9.17) is 0 Å². The Balaban J connectivity index is 3.05. The fraction of sp³-hybridized carbons (Fsp3) is 0.214. The summed E-state index contributed by atoms with van der Waals surface area (Å²) in [5.74, 6) is 0.844. The average Bonchev–Trinajstić information content (AvgIpc) is 2.20. The van der Waals surface area contributed by atoms with Crippen LogP contribution in [0, 0.1) is 6.92 Å². The average molecular weight is 214 g/mol. The smallest absolute Gasteiger partial charge is 0.103 e. The zero-order chi connectivity index (χ0) is 12.1. The summed E-state index contributed by atoms with van der Waals surface area (Å²) < 4.78 is 0. The minimum Gasteiger partial charge on any atom is -0.348 e. The molecule has 84 valence electrons. The van der Waals surface area contributed by atoms with Crippen molar-refractivity contribution in [2.45, 2.75) is 20.8 Å². The number of aliphatic imine (C=N–C) groups is 1. The molecule has 0 heterocycles. The molecule has 0 aliphatic rings. The predicted octanol–water partition coefficient (Wildman–Crippen LogP) is 3.81. The summed E-state index contributed by atoms with van der Waals surface area (Å²) in [5.41, 5.74) is 4.10. The lowest BCUT2D eigenvalue weighted by atomic mass is 10.1. The Labute approximate surface area is 97.4 Å². The summed E-state index contributed by atoms with van der Waals surface area (Å²) in [6, 6.07) is 6.01. The Morgan fingerprint density at radius 1 is 1.38 bits per heavy atom. The van der Waals surface area contributed by atoms with E-state index < -0.39 is 0 Å². The number of amidine groups is 1. The molecule has 1 aromatic rings. The summed E-state index contributed by atoms with van der Waals surface area (Å²) in [6.45, 7) is 13.4. The van der Waals surface area contributed by atoms with Crippen molar-refractivity contribution >= 4 is 17.6 Å². The Morgan fingerprint density at radius 2 is 2.06 bits per heavy atom. The maximum Gasteiger partial charge on any atom is 0.103 e. The molecule has 0 radical (unpaired) electrons. The van der Waals surface area contributed by atoms with Crippen LogP contribution < -0.4 is 5.32 Å². The van der Waals surface area contributed by atoms with E-state index in [2.05, 4.69) is 23.5 Å². The molecule has 0 unspecified atom stereocenters. The first-order chi connectivity index (χ1) is 7.54. The van der Waals surface area contributed by atoms with Gasteiger partial charge in [-0.25, -0.2) is 4.99 Å². The van der Waals surface area contributed by atoms with Crippen LogP contribution in [0.15, 0.2) is 42.0 Å². The van der Waals surface area contributed by atoms with E-state index in [1.54, 1.807) is 0 Å². The first-order valence-electron chi connectivity index (χ1n) is 5.24. The van der Waals surface area contributed by atoms with E-state index in [1.807, 2.05) is 45.0 Å². The van der Waals surface area contributed by atoms with Crippen LogP contribution in [0.25, 0.3) is 6.08 Å². The largest absolute Gasteiger partial charge is 0.348 e. The number of hydrogen-bond donors (Lipinski definition) is 1. The van der Waals surface area contributed by atoms with Crippen molar-refractivity contribution in [3.63, 3.8) is 0 Å². The first-order valence-corrected chi connectivity index (χ1v) is 5.24. The molecule has 0 bridgehead atoms. The number of allylic oxidation sites excluding steroid dienone is 1. The Hall–Kier alpha value is -1.83. The third kappa shape index (κ3) is 3.09. The number of nitrogens with zero attached hydrogens (tertiary/aromatic N) is 1. The van der Waals surface area contributed by atoms with Gasteiger partial charge < -0.3 is 5.32 Å². The second kappa shape index (κ2) is 5.31.